The molecule has 1 rings (SSSR count). The van der Waals surface area contributed by atoms with E-state index in [1.165, 1.54) is 0 Å². The summed E-state index contributed by atoms with van der Waals surface area (Å²) in [5.74, 6) is 0. The van der Waals surface area contributed by atoms with Gasteiger partial charge < -0.3 is 20.3 Å². The zero-order valence-electron chi connectivity index (χ0n) is 10.9. The summed E-state index contributed by atoms with van der Waals surface area (Å²) in [4.78, 5) is 0. The highest BCUT2D eigenvalue weighted by atomic mass is 16.5. The molecule has 0 aromatic rings. The summed E-state index contributed by atoms with van der Waals surface area (Å²) in [6.45, 7) is 10.7. The first kappa shape index (κ1) is 13.9. The van der Waals surface area contributed by atoms with Crippen molar-refractivity contribution in [1.29, 1.82) is 0 Å². The lowest BCUT2D eigenvalue weighted by Gasteiger charge is -2.28. The minimum absolute atomic E-state index is 0.160. The van der Waals surface area contributed by atoms with Gasteiger partial charge in [0.25, 0.3) is 0 Å². The molecular formula is C12H25NO3. The smallest absolute Gasteiger partial charge is 0.110 e. The zero-order chi connectivity index (χ0) is 12.5. The first-order chi connectivity index (χ1) is 7.23. The van der Waals surface area contributed by atoms with E-state index in [2.05, 4.69) is 5.32 Å². The van der Waals surface area contributed by atoms with E-state index in [1.807, 2.05) is 34.6 Å². The van der Waals surface area contributed by atoms with Crippen molar-refractivity contribution in [2.75, 3.05) is 6.54 Å². The number of aliphatic hydroxyl groups excluding tert-OH is 2. The number of rotatable bonds is 3. The minimum atomic E-state index is -0.796. The van der Waals surface area contributed by atoms with E-state index in [0.29, 0.717) is 12.6 Å². The van der Waals surface area contributed by atoms with Crippen molar-refractivity contribution in [3.63, 3.8) is 0 Å². The number of hydrogen-bond donors (Lipinski definition) is 3. The van der Waals surface area contributed by atoms with E-state index < -0.39 is 12.2 Å². The van der Waals surface area contributed by atoms with E-state index >= 15 is 0 Å². The van der Waals surface area contributed by atoms with Crippen LogP contribution in [0.2, 0.25) is 0 Å². The van der Waals surface area contributed by atoms with Crippen LogP contribution in [0.3, 0.4) is 0 Å². The van der Waals surface area contributed by atoms with Gasteiger partial charge in [-0.3, -0.25) is 0 Å². The first-order valence-electron chi connectivity index (χ1n) is 5.98. The predicted octanol–water partition coefficient (Wildman–Crippen LogP) is 0.520. The van der Waals surface area contributed by atoms with Gasteiger partial charge in [0.15, 0.2) is 0 Å². The Morgan fingerprint density at radius 3 is 2.12 bits per heavy atom. The van der Waals surface area contributed by atoms with Gasteiger partial charge in [-0.2, -0.15) is 0 Å². The van der Waals surface area contributed by atoms with Gasteiger partial charge in [0.05, 0.1) is 12.2 Å². The lowest BCUT2D eigenvalue weighted by molar-refractivity contribution is -0.0512. The van der Waals surface area contributed by atoms with Crippen LogP contribution in [0.5, 0.6) is 0 Å². The van der Waals surface area contributed by atoms with Gasteiger partial charge in [-0.25, -0.2) is 0 Å². The zero-order valence-corrected chi connectivity index (χ0v) is 10.9. The highest BCUT2D eigenvalue weighted by Gasteiger charge is 2.47. The van der Waals surface area contributed by atoms with Crippen molar-refractivity contribution < 1.29 is 14.9 Å². The molecule has 96 valence electrons. The van der Waals surface area contributed by atoms with Crippen LogP contribution in [-0.4, -0.2) is 47.2 Å². The fraction of sp³-hybridized carbons (Fsp3) is 1.00. The second-order valence-electron chi connectivity index (χ2n) is 6.01. The average Bonchev–Trinajstić information content (AvgIpc) is 2.40. The molecule has 1 heterocycles. The van der Waals surface area contributed by atoms with Crippen LogP contribution < -0.4 is 5.32 Å². The van der Waals surface area contributed by atoms with Crippen LogP contribution in [0.1, 0.15) is 34.6 Å². The molecule has 0 bridgehead atoms. The maximum atomic E-state index is 9.93. The molecule has 1 fully saturated rings. The fourth-order valence-electron chi connectivity index (χ4n) is 1.99. The molecule has 16 heavy (non-hydrogen) atoms. The lowest BCUT2D eigenvalue weighted by atomic mass is 9.85. The van der Waals surface area contributed by atoms with Crippen molar-refractivity contribution >= 4 is 0 Å². The molecule has 1 aliphatic rings. The largest absolute Gasteiger partial charge is 0.388 e. The molecule has 3 N–H and O–H groups in total. The Bertz CT molecular complexity index is 225. The van der Waals surface area contributed by atoms with E-state index in [-0.39, 0.29) is 17.6 Å². The Morgan fingerprint density at radius 2 is 1.75 bits per heavy atom. The Balaban J connectivity index is 2.58. The highest BCUT2D eigenvalue weighted by molar-refractivity contribution is 4.96. The Morgan fingerprint density at radius 1 is 1.19 bits per heavy atom. The van der Waals surface area contributed by atoms with Crippen molar-refractivity contribution in [3.8, 4) is 0 Å². The van der Waals surface area contributed by atoms with Gasteiger partial charge >= 0.3 is 0 Å². The molecule has 0 aromatic heterocycles. The fourth-order valence-corrected chi connectivity index (χ4v) is 1.99. The lowest BCUT2D eigenvalue weighted by Crippen LogP contribution is -2.40. The number of aliphatic hydroxyl groups is 2. The molecule has 4 atom stereocenters. The van der Waals surface area contributed by atoms with Gasteiger partial charge in [-0.1, -0.05) is 34.6 Å². The van der Waals surface area contributed by atoms with Gasteiger partial charge in [0, 0.05) is 12.6 Å². The molecular weight excluding hydrogens is 206 g/mol. The molecule has 0 aromatic carbocycles. The molecule has 0 aliphatic carbocycles. The maximum Gasteiger partial charge on any atom is 0.110 e. The summed E-state index contributed by atoms with van der Waals surface area (Å²) in [7, 11) is 0. The summed E-state index contributed by atoms with van der Waals surface area (Å²) < 4.78 is 5.74. The van der Waals surface area contributed by atoms with Gasteiger partial charge in [-0.05, 0) is 5.41 Å². The second kappa shape index (κ2) is 5.00. The summed E-state index contributed by atoms with van der Waals surface area (Å²) in [6.07, 6.45) is -2.21. The van der Waals surface area contributed by atoms with Gasteiger partial charge in [0.1, 0.15) is 12.2 Å². The van der Waals surface area contributed by atoms with Crippen LogP contribution in [0.25, 0.3) is 0 Å². The van der Waals surface area contributed by atoms with Crippen LogP contribution >= 0.6 is 0 Å². The molecule has 4 unspecified atom stereocenters. The molecule has 0 saturated carbocycles. The van der Waals surface area contributed by atoms with Gasteiger partial charge in [0.2, 0.25) is 0 Å². The van der Waals surface area contributed by atoms with Crippen molar-refractivity contribution in [2.45, 2.75) is 65.1 Å². The third kappa shape index (κ3) is 3.17. The highest BCUT2D eigenvalue weighted by Crippen LogP contribution is 2.33. The number of nitrogens with one attached hydrogen (secondary N) is 1. The summed E-state index contributed by atoms with van der Waals surface area (Å²) in [6, 6.07) is 0.349. The minimum Gasteiger partial charge on any atom is -0.388 e. The predicted molar refractivity (Wildman–Crippen MR) is 63.3 cm³/mol. The standard InChI is InChI=1S/C12H25NO3/c1-7(2)13-6-8-9(14)10(15)11(16-8)12(3,4)5/h7-11,13-15H,6H2,1-5H3. The van der Waals surface area contributed by atoms with Crippen molar-refractivity contribution in [3.05, 3.63) is 0 Å². The monoisotopic (exact) mass is 231 g/mol. The van der Waals surface area contributed by atoms with Crippen LogP contribution in [0.4, 0.5) is 0 Å². The second-order valence-corrected chi connectivity index (χ2v) is 6.01. The molecule has 0 radical (unpaired) electrons. The van der Waals surface area contributed by atoms with Crippen LogP contribution in [0.15, 0.2) is 0 Å². The third-order valence-electron chi connectivity index (χ3n) is 2.94. The third-order valence-corrected chi connectivity index (χ3v) is 2.94. The molecule has 0 spiro atoms. The van der Waals surface area contributed by atoms with E-state index in [4.69, 9.17) is 4.74 Å². The summed E-state index contributed by atoms with van der Waals surface area (Å²) >= 11 is 0. The Hall–Kier alpha value is -0.160. The SMILES string of the molecule is CC(C)NCC1OC(C(C)(C)C)C(O)C1O. The topological polar surface area (TPSA) is 61.7 Å². The molecule has 0 amide bonds. The molecule has 4 nitrogen and oxygen atoms in total. The van der Waals surface area contributed by atoms with E-state index in [9.17, 15) is 10.2 Å². The maximum absolute atomic E-state index is 9.93. The molecule has 1 aliphatic heterocycles. The van der Waals surface area contributed by atoms with E-state index in [0.717, 1.165) is 0 Å². The van der Waals surface area contributed by atoms with E-state index in [1.54, 1.807) is 0 Å². The molecule has 4 heteroatoms. The van der Waals surface area contributed by atoms with Crippen molar-refractivity contribution in [1.82, 2.24) is 5.32 Å². The average molecular weight is 231 g/mol. The van der Waals surface area contributed by atoms with Crippen LogP contribution in [0, 0.1) is 5.41 Å². The van der Waals surface area contributed by atoms with Crippen molar-refractivity contribution in [2.24, 2.45) is 5.41 Å². The number of hydrogen-bond acceptors (Lipinski definition) is 4. The Labute approximate surface area is 98.0 Å². The summed E-state index contributed by atoms with van der Waals surface area (Å²) in [5.41, 5.74) is -0.160. The quantitative estimate of drug-likeness (QED) is 0.663. The Kier molecular flexibility index (Phi) is 4.35. The first-order valence-corrected chi connectivity index (χ1v) is 5.98. The summed E-state index contributed by atoms with van der Waals surface area (Å²) in [5, 5.41) is 23.0. The molecule has 1 saturated heterocycles. The van der Waals surface area contributed by atoms with Crippen LogP contribution in [-0.2, 0) is 4.74 Å². The van der Waals surface area contributed by atoms with Gasteiger partial charge in [-0.15, -0.1) is 0 Å². The normalized spacial score (nSPS) is 36.0. The number of ether oxygens (including phenoxy) is 1.